The fourth-order valence-corrected chi connectivity index (χ4v) is 10.6. The monoisotopic (exact) mass is 577 g/mol. The maximum Gasteiger partial charge on any atom is 0.338 e. The highest BCUT2D eigenvalue weighted by molar-refractivity contribution is 7.99. The lowest BCUT2D eigenvalue weighted by Gasteiger charge is -2.46. The van der Waals surface area contributed by atoms with Crippen LogP contribution >= 0.6 is 11.8 Å². The van der Waals surface area contributed by atoms with E-state index in [-0.39, 0.29) is 11.6 Å². The van der Waals surface area contributed by atoms with Crippen molar-refractivity contribution in [2.75, 3.05) is 12.9 Å². The maximum absolute atomic E-state index is 13.0. The number of carbonyl (C=O) groups is 1. The van der Waals surface area contributed by atoms with Gasteiger partial charge in [-0.2, -0.15) is 0 Å². The molecule has 3 aromatic carbocycles. The Morgan fingerprint density at radius 1 is 1.00 bits per heavy atom. The zero-order chi connectivity index (χ0) is 28.8. The molecule has 40 heavy (non-hydrogen) atoms. The number of azide groups is 1. The van der Waals surface area contributed by atoms with E-state index in [1.165, 1.54) is 11.8 Å². The normalized spacial score (nSPS) is 23.2. The van der Waals surface area contributed by atoms with Crippen molar-refractivity contribution in [1.82, 2.24) is 0 Å². The van der Waals surface area contributed by atoms with Crippen LogP contribution in [0.3, 0.4) is 0 Å². The first kappa shape index (κ1) is 29.9. The van der Waals surface area contributed by atoms with E-state index in [9.17, 15) is 15.4 Å². The average Bonchev–Trinajstić information content (AvgIpc) is 2.97. The van der Waals surface area contributed by atoms with Crippen LogP contribution in [-0.2, 0) is 13.9 Å². The molecule has 210 valence electrons. The minimum absolute atomic E-state index is 0.0495. The van der Waals surface area contributed by atoms with Gasteiger partial charge in [0.15, 0.2) is 0 Å². The van der Waals surface area contributed by atoms with Gasteiger partial charge >= 0.3 is 5.97 Å². The third-order valence-corrected chi connectivity index (χ3v) is 13.1. The summed E-state index contributed by atoms with van der Waals surface area (Å²) in [6.45, 7) is 6.56. The molecule has 0 radical (unpaired) electrons. The number of aliphatic hydroxyl groups is 1. The van der Waals surface area contributed by atoms with E-state index >= 15 is 0 Å². The van der Waals surface area contributed by atoms with Gasteiger partial charge < -0.3 is 19.0 Å². The molecule has 3 aromatic rings. The van der Waals surface area contributed by atoms with E-state index in [2.05, 4.69) is 55.1 Å². The van der Waals surface area contributed by atoms with Crippen molar-refractivity contribution >= 4 is 36.4 Å². The van der Waals surface area contributed by atoms with Crippen LogP contribution in [0.15, 0.2) is 96.1 Å². The second-order valence-electron chi connectivity index (χ2n) is 10.7. The van der Waals surface area contributed by atoms with Gasteiger partial charge in [0.05, 0.1) is 12.2 Å². The van der Waals surface area contributed by atoms with Crippen molar-refractivity contribution in [3.05, 3.63) is 107 Å². The van der Waals surface area contributed by atoms with Crippen LogP contribution in [0.2, 0.25) is 5.04 Å². The Bertz CT molecular complexity index is 1260. The number of rotatable bonds is 9. The van der Waals surface area contributed by atoms with Crippen molar-refractivity contribution in [3.8, 4) is 0 Å². The summed E-state index contributed by atoms with van der Waals surface area (Å²) in [5.41, 5.74) is 8.94. The fourth-order valence-electron chi connectivity index (χ4n) is 5.29. The van der Waals surface area contributed by atoms with E-state index in [1.54, 1.807) is 30.3 Å². The highest BCUT2D eigenvalue weighted by Crippen LogP contribution is 2.38. The van der Waals surface area contributed by atoms with Crippen LogP contribution in [0.4, 0.5) is 0 Å². The molecule has 0 aliphatic carbocycles. The number of thioether (sulfide) groups is 1. The predicted octanol–water partition coefficient (Wildman–Crippen LogP) is 4.92. The molecular weight excluding hydrogens is 542 g/mol. The SMILES string of the molecule is CS[C@@H]1OC(CO[Si](c2ccccc2)(c2ccccc2)C(C)(C)C)[C@@H](O)[C@@H](OC(=O)c2ccccc2)C1N=[N+]=[N-]. The first-order valence-electron chi connectivity index (χ1n) is 13.1. The number of hydrogen-bond acceptors (Lipinski definition) is 7. The summed E-state index contributed by atoms with van der Waals surface area (Å²) in [5.74, 6) is -0.615. The molecule has 1 fully saturated rings. The largest absolute Gasteiger partial charge is 0.455 e. The first-order chi connectivity index (χ1) is 19.2. The molecule has 8 nitrogen and oxygen atoms in total. The van der Waals surface area contributed by atoms with E-state index < -0.39 is 44.1 Å². The highest BCUT2D eigenvalue weighted by Gasteiger charge is 2.53. The minimum Gasteiger partial charge on any atom is -0.455 e. The molecule has 5 atom stereocenters. The summed E-state index contributed by atoms with van der Waals surface area (Å²) in [7, 11) is -2.92. The van der Waals surface area contributed by atoms with Gasteiger partial charge in [-0.15, -0.1) is 11.8 Å². The lowest BCUT2D eigenvalue weighted by molar-refractivity contribution is -0.165. The molecule has 1 N–H and O–H groups in total. The molecule has 1 aliphatic rings. The summed E-state index contributed by atoms with van der Waals surface area (Å²) < 4.78 is 19.1. The number of aliphatic hydroxyl groups excluding tert-OH is 1. The van der Waals surface area contributed by atoms with Crippen LogP contribution in [0.5, 0.6) is 0 Å². The van der Waals surface area contributed by atoms with Crippen LogP contribution < -0.4 is 10.4 Å². The van der Waals surface area contributed by atoms with Gasteiger partial charge in [-0.3, -0.25) is 0 Å². The summed E-state index contributed by atoms with van der Waals surface area (Å²) in [4.78, 5) is 15.9. The molecule has 0 bridgehead atoms. The van der Waals surface area contributed by atoms with Gasteiger partial charge in [0.2, 0.25) is 0 Å². The maximum atomic E-state index is 13.0. The van der Waals surface area contributed by atoms with Crippen LogP contribution in [0.25, 0.3) is 10.4 Å². The predicted molar refractivity (Wildman–Crippen MR) is 160 cm³/mol. The molecule has 1 heterocycles. The van der Waals surface area contributed by atoms with Crippen molar-refractivity contribution in [2.24, 2.45) is 5.11 Å². The number of benzene rings is 3. The molecule has 4 rings (SSSR count). The summed E-state index contributed by atoms with van der Waals surface area (Å²) >= 11 is 1.32. The number of esters is 1. The highest BCUT2D eigenvalue weighted by atomic mass is 32.2. The minimum atomic E-state index is -2.92. The van der Waals surface area contributed by atoms with Crippen molar-refractivity contribution in [1.29, 1.82) is 0 Å². The lowest BCUT2D eigenvalue weighted by Crippen LogP contribution is -2.68. The zero-order valence-electron chi connectivity index (χ0n) is 23.1. The van der Waals surface area contributed by atoms with E-state index in [4.69, 9.17) is 13.9 Å². The Labute approximate surface area is 240 Å². The molecule has 2 unspecified atom stereocenters. The number of nitrogens with zero attached hydrogens (tertiary/aromatic N) is 3. The molecule has 1 aliphatic heterocycles. The third kappa shape index (κ3) is 6.12. The Kier molecular flexibility index (Phi) is 9.73. The van der Waals surface area contributed by atoms with Crippen LogP contribution in [-0.4, -0.2) is 62.0 Å². The Morgan fingerprint density at radius 2 is 1.52 bits per heavy atom. The molecular formula is C30H35N3O5SSi. The molecule has 0 saturated carbocycles. The quantitative estimate of drug-likeness (QED) is 0.127. The molecule has 0 spiro atoms. The van der Waals surface area contributed by atoms with Gasteiger partial charge in [-0.25, -0.2) is 4.79 Å². The Hall–Kier alpha value is -3.11. The Balaban J connectivity index is 1.69. The van der Waals surface area contributed by atoms with Gasteiger partial charge in [0, 0.05) is 4.91 Å². The zero-order valence-corrected chi connectivity index (χ0v) is 24.9. The smallest absolute Gasteiger partial charge is 0.338 e. The second-order valence-corrected chi connectivity index (χ2v) is 15.9. The number of hydrogen-bond donors (Lipinski definition) is 1. The number of carbonyl (C=O) groups excluding carboxylic acids is 1. The van der Waals surface area contributed by atoms with Crippen molar-refractivity contribution in [3.63, 3.8) is 0 Å². The second kappa shape index (κ2) is 13.0. The molecule has 10 heteroatoms. The van der Waals surface area contributed by atoms with E-state index in [1.807, 2.05) is 42.7 Å². The standard InChI is InChI=1S/C30H35N3O5SSi/c1-30(2,3)40(22-16-10-6-11-17-22,23-18-12-7-13-19-23)36-20-24-26(34)27(25(32-33-31)29(37-24)39-4)38-28(35)21-14-8-5-9-15-21/h5-19,24-27,29,34H,20H2,1-4H3/t24?,25?,26-,27+,29+/m1/s1. The van der Waals surface area contributed by atoms with Crippen molar-refractivity contribution in [2.45, 2.75) is 55.6 Å². The van der Waals surface area contributed by atoms with E-state index in [0.717, 1.165) is 10.4 Å². The topological polar surface area (TPSA) is 114 Å². The van der Waals surface area contributed by atoms with Crippen molar-refractivity contribution < 1.29 is 23.8 Å². The van der Waals surface area contributed by atoms with Gasteiger partial charge in [0.25, 0.3) is 8.32 Å². The fraction of sp³-hybridized carbons (Fsp3) is 0.367. The van der Waals surface area contributed by atoms with Gasteiger partial charge in [-0.05, 0) is 39.3 Å². The summed E-state index contributed by atoms with van der Waals surface area (Å²) in [6.07, 6.45) is -1.43. The number of ether oxygens (including phenoxy) is 2. The van der Waals surface area contributed by atoms with Gasteiger partial charge in [-0.1, -0.05) is 105 Å². The summed E-state index contributed by atoms with van der Waals surface area (Å²) in [5, 5.41) is 17.3. The summed E-state index contributed by atoms with van der Waals surface area (Å²) in [6, 6.07) is 28.0. The first-order valence-corrected chi connectivity index (χ1v) is 16.3. The van der Waals surface area contributed by atoms with Crippen LogP contribution in [0, 0.1) is 0 Å². The third-order valence-electron chi connectivity index (χ3n) is 7.19. The van der Waals surface area contributed by atoms with E-state index in [0.29, 0.717) is 5.56 Å². The lowest BCUT2D eigenvalue weighted by atomic mass is 9.98. The van der Waals surface area contributed by atoms with Crippen LogP contribution in [0.1, 0.15) is 31.1 Å². The average molecular weight is 578 g/mol. The molecule has 0 amide bonds. The molecule has 1 saturated heterocycles. The van der Waals surface area contributed by atoms with Gasteiger partial charge in [0.1, 0.15) is 29.8 Å². The molecule has 0 aromatic heterocycles. The Morgan fingerprint density at radius 3 is 2.00 bits per heavy atom.